The number of fused-ring (bicyclic) bond motifs is 1. The molecule has 19 heavy (non-hydrogen) atoms. The lowest BCUT2D eigenvalue weighted by molar-refractivity contribution is -0.125. The van der Waals surface area contributed by atoms with Crippen molar-refractivity contribution in [3.05, 3.63) is 18.0 Å². The number of carbonyl (C=O) groups excluding carboxylic acids is 1. The van der Waals surface area contributed by atoms with Crippen LogP contribution in [-0.2, 0) is 16.2 Å². The largest absolute Gasteiger partial charge is 0.481 e. The number of imidazole rings is 1. The maximum Gasteiger partial charge on any atom is 0.243 e. The smallest absolute Gasteiger partial charge is 0.243 e. The molecule has 7 heteroatoms. The number of nitrogens with zero attached hydrogens (tertiary/aromatic N) is 3. The molecule has 0 unspecified atom stereocenters. The lowest BCUT2D eigenvalue weighted by Gasteiger charge is -2.24. The molecule has 0 atom stereocenters. The topological polar surface area (TPSA) is 83.0 Å². The summed E-state index contributed by atoms with van der Waals surface area (Å²) in [5.74, 6) is 0.661. The first-order valence-corrected chi connectivity index (χ1v) is 6.24. The molecule has 0 aromatic carbocycles. The molecule has 0 fully saturated rings. The van der Waals surface area contributed by atoms with Crippen LogP contribution in [0.3, 0.4) is 0 Å². The van der Waals surface area contributed by atoms with Crippen molar-refractivity contribution >= 4 is 28.7 Å². The first-order valence-electron chi connectivity index (χ1n) is 5.70. The van der Waals surface area contributed by atoms with Crippen molar-refractivity contribution in [2.24, 2.45) is 5.73 Å². The third kappa shape index (κ3) is 2.12. The van der Waals surface area contributed by atoms with E-state index in [1.54, 1.807) is 30.5 Å². The Kier molecular flexibility index (Phi) is 3.36. The van der Waals surface area contributed by atoms with Crippen LogP contribution >= 0.6 is 11.6 Å². The van der Waals surface area contributed by atoms with E-state index in [4.69, 9.17) is 22.1 Å². The molecule has 2 aromatic heterocycles. The van der Waals surface area contributed by atoms with Crippen molar-refractivity contribution in [3.8, 4) is 5.88 Å². The summed E-state index contributed by atoms with van der Waals surface area (Å²) in [5, 5.41) is 0. The zero-order valence-corrected chi connectivity index (χ0v) is 11.7. The van der Waals surface area contributed by atoms with Crippen LogP contribution in [0.4, 0.5) is 0 Å². The molecule has 2 rings (SSSR count). The SMILES string of the molecule is COc1ccc2nc(CCl)n(C(C)(C)C(N)=O)c2n1. The van der Waals surface area contributed by atoms with Crippen LogP contribution < -0.4 is 10.5 Å². The summed E-state index contributed by atoms with van der Waals surface area (Å²) in [4.78, 5) is 20.3. The van der Waals surface area contributed by atoms with Gasteiger partial charge < -0.3 is 10.5 Å². The fraction of sp³-hybridized carbons (Fsp3) is 0.417. The lowest BCUT2D eigenvalue weighted by Crippen LogP contribution is -2.42. The van der Waals surface area contributed by atoms with Gasteiger partial charge in [-0.05, 0) is 19.9 Å². The number of ether oxygens (including phenoxy) is 1. The van der Waals surface area contributed by atoms with E-state index >= 15 is 0 Å². The molecule has 0 aliphatic rings. The van der Waals surface area contributed by atoms with Crippen molar-refractivity contribution in [1.82, 2.24) is 14.5 Å². The number of nitrogens with two attached hydrogens (primary N) is 1. The van der Waals surface area contributed by atoms with Gasteiger partial charge in [-0.25, -0.2) is 4.98 Å². The van der Waals surface area contributed by atoms with Gasteiger partial charge in [0.25, 0.3) is 0 Å². The highest BCUT2D eigenvalue weighted by Crippen LogP contribution is 2.26. The summed E-state index contributed by atoms with van der Waals surface area (Å²) in [6.45, 7) is 3.40. The molecular formula is C12H15ClN4O2. The van der Waals surface area contributed by atoms with Crippen molar-refractivity contribution in [1.29, 1.82) is 0 Å². The summed E-state index contributed by atoms with van der Waals surface area (Å²) >= 11 is 5.89. The van der Waals surface area contributed by atoms with Gasteiger partial charge in [0.15, 0.2) is 5.65 Å². The van der Waals surface area contributed by atoms with Gasteiger partial charge in [-0.3, -0.25) is 9.36 Å². The summed E-state index contributed by atoms with van der Waals surface area (Å²) in [5.41, 5.74) is 5.65. The summed E-state index contributed by atoms with van der Waals surface area (Å²) in [7, 11) is 1.52. The van der Waals surface area contributed by atoms with E-state index < -0.39 is 11.4 Å². The number of pyridine rings is 1. The maximum atomic E-state index is 11.7. The number of aromatic nitrogens is 3. The Morgan fingerprint density at radius 2 is 2.16 bits per heavy atom. The summed E-state index contributed by atoms with van der Waals surface area (Å²) in [6, 6.07) is 3.47. The van der Waals surface area contributed by atoms with Crippen molar-refractivity contribution in [2.45, 2.75) is 25.3 Å². The third-order valence-electron chi connectivity index (χ3n) is 3.04. The van der Waals surface area contributed by atoms with E-state index in [-0.39, 0.29) is 5.88 Å². The average molecular weight is 283 g/mol. The molecule has 6 nitrogen and oxygen atoms in total. The van der Waals surface area contributed by atoms with Gasteiger partial charge in [0, 0.05) is 6.07 Å². The van der Waals surface area contributed by atoms with Gasteiger partial charge >= 0.3 is 0 Å². The second-order valence-corrected chi connectivity index (χ2v) is 4.88. The van der Waals surface area contributed by atoms with E-state index in [2.05, 4.69) is 9.97 Å². The number of halogens is 1. The number of carbonyl (C=O) groups is 1. The van der Waals surface area contributed by atoms with Gasteiger partial charge in [-0.15, -0.1) is 11.6 Å². The minimum atomic E-state index is -0.974. The van der Waals surface area contributed by atoms with Crippen LogP contribution in [0, 0.1) is 0 Å². The van der Waals surface area contributed by atoms with Gasteiger partial charge in [-0.1, -0.05) is 0 Å². The monoisotopic (exact) mass is 282 g/mol. The summed E-state index contributed by atoms with van der Waals surface area (Å²) < 4.78 is 6.74. The van der Waals surface area contributed by atoms with Crippen LogP contribution in [0.25, 0.3) is 11.2 Å². The zero-order chi connectivity index (χ0) is 14.2. The third-order valence-corrected chi connectivity index (χ3v) is 3.28. The Labute approximate surface area is 115 Å². The molecular weight excluding hydrogens is 268 g/mol. The summed E-state index contributed by atoms with van der Waals surface area (Å²) in [6.07, 6.45) is 0. The Hall–Kier alpha value is -1.82. The highest BCUT2D eigenvalue weighted by atomic mass is 35.5. The highest BCUT2D eigenvalue weighted by Gasteiger charge is 2.32. The Morgan fingerprint density at radius 3 is 2.68 bits per heavy atom. The van der Waals surface area contributed by atoms with Crippen LogP contribution in [0.15, 0.2) is 12.1 Å². The normalized spacial score (nSPS) is 11.8. The molecule has 2 aromatic rings. The molecule has 0 saturated heterocycles. The molecule has 0 radical (unpaired) electrons. The van der Waals surface area contributed by atoms with Crippen LogP contribution in [0.2, 0.25) is 0 Å². The van der Waals surface area contributed by atoms with E-state index in [1.165, 1.54) is 7.11 Å². The first kappa shape index (κ1) is 13.6. The predicted octanol–water partition coefficient (Wildman–Crippen LogP) is 1.40. The van der Waals surface area contributed by atoms with Crippen LogP contribution in [0.1, 0.15) is 19.7 Å². The predicted molar refractivity (Wildman–Crippen MR) is 72.2 cm³/mol. The number of amides is 1. The van der Waals surface area contributed by atoms with Crippen molar-refractivity contribution in [2.75, 3.05) is 7.11 Å². The van der Waals surface area contributed by atoms with E-state index in [0.29, 0.717) is 22.9 Å². The fourth-order valence-electron chi connectivity index (χ4n) is 1.89. The second kappa shape index (κ2) is 4.70. The Bertz CT molecular complexity index is 636. The molecule has 2 N–H and O–H groups in total. The lowest BCUT2D eigenvalue weighted by atomic mass is 10.0. The molecule has 102 valence electrons. The van der Waals surface area contributed by atoms with Gasteiger partial charge in [0.1, 0.15) is 16.9 Å². The average Bonchev–Trinajstić information content (AvgIpc) is 2.76. The Balaban J connectivity index is 2.79. The molecule has 1 amide bonds. The number of hydrogen-bond acceptors (Lipinski definition) is 4. The molecule has 0 bridgehead atoms. The van der Waals surface area contributed by atoms with E-state index in [0.717, 1.165) is 0 Å². The fourth-order valence-corrected chi connectivity index (χ4v) is 2.07. The zero-order valence-electron chi connectivity index (χ0n) is 11.0. The first-order chi connectivity index (χ1) is 8.91. The van der Waals surface area contributed by atoms with Gasteiger partial charge in [-0.2, -0.15) is 4.98 Å². The van der Waals surface area contributed by atoms with Crippen molar-refractivity contribution < 1.29 is 9.53 Å². The second-order valence-electron chi connectivity index (χ2n) is 4.62. The molecule has 0 saturated carbocycles. The van der Waals surface area contributed by atoms with Crippen molar-refractivity contribution in [3.63, 3.8) is 0 Å². The standard InChI is InChI=1S/C12H15ClN4O2/c1-12(2,11(14)18)17-8(6-13)15-7-4-5-9(19-3)16-10(7)17/h4-5H,6H2,1-3H3,(H2,14,18). The molecule has 0 aliphatic heterocycles. The molecule has 0 aliphatic carbocycles. The van der Waals surface area contributed by atoms with Crippen LogP contribution in [-0.4, -0.2) is 27.6 Å². The van der Waals surface area contributed by atoms with Crippen LogP contribution in [0.5, 0.6) is 5.88 Å². The number of alkyl halides is 1. The van der Waals surface area contributed by atoms with Gasteiger partial charge in [0.05, 0.1) is 13.0 Å². The molecule has 2 heterocycles. The minimum Gasteiger partial charge on any atom is -0.481 e. The number of methoxy groups -OCH3 is 1. The highest BCUT2D eigenvalue weighted by molar-refractivity contribution is 6.16. The molecule has 0 spiro atoms. The number of hydrogen-bond donors (Lipinski definition) is 1. The van der Waals surface area contributed by atoms with Gasteiger partial charge in [0.2, 0.25) is 11.8 Å². The number of primary amides is 1. The van der Waals surface area contributed by atoms with E-state index in [9.17, 15) is 4.79 Å². The Morgan fingerprint density at radius 1 is 1.47 bits per heavy atom. The minimum absolute atomic E-state index is 0.162. The maximum absolute atomic E-state index is 11.7. The number of rotatable bonds is 4. The van der Waals surface area contributed by atoms with E-state index in [1.807, 2.05) is 0 Å². The quantitative estimate of drug-likeness (QED) is 0.859.